The van der Waals surface area contributed by atoms with Crippen LogP contribution in [-0.4, -0.2) is 65.6 Å². The first-order valence-electron chi connectivity index (χ1n) is 20.2. The number of carbonyl (C=O) groups excluding carboxylic acids is 3. The summed E-state index contributed by atoms with van der Waals surface area (Å²) in [4.78, 5) is 41.5. The molecule has 0 heterocycles. The lowest BCUT2D eigenvalue weighted by Gasteiger charge is -2.59. The monoisotopic (exact) mass is 885 g/mol. The lowest BCUT2D eigenvalue weighted by molar-refractivity contribution is -0.362. The van der Waals surface area contributed by atoms with Crippen LogP contribution in [0.5, 0.6) is 5.75 Å². The molecule has 4 aliphatic rings. The van der Waals surface area contributed by atoms with Gasteiger partial charge >= 0.3 is 41.7 Å². The minimum absolute atomic E-state index is 0.118. The molecule has 3 unspecified atom stereocenters. The van der Waals surface area contributed by atoms with E-state index in [1.54, 1.807) is 0 Å². The number of alkyl halides is 7. The molecule has 0 aromatic heterocycles. The average Bonchev–Trinajstić information content (AvgIpc) is 3.17. The van der Waals surface area contributed by atoms with Crippen LogP contribution >= 0.6 is 0 Å². The van der Waals surface area contributed by atoms with Crippen molar-refractivity contribution in [3.8, 4) is 5.75 Å². The summed E-state index contributed by atoms with van der Waals surface area (Å²) in [6.45, 7) is 4.56. The van der Waals surface area contributed by atoms with Crippen LogP contribution in [0.2, 0.25) is 0 Å². The van der Waals surface area contributed by atoms with Crippen molar-refractivity contribution in [1.82, 2.24) is 0 Å². The van der Waals surface area contributed by atoms with E-state index < -0.39 is 71.8 Å². The molecule has 0 radical (unpaired) electrons. The molecule has 61 heavy (non-hydrogen) atoms. The predicted octanol–water partition coefficient (Wildman–Crippen LogP) is 10.5. The second-order valence-electron chi connectivity index (χ2n) is 16.9. The highest BCUT2D eigenvalue weighted by Crippen LogP contribution is 2.62. The van der Waals surface area contributed by atoms with Crippen LogP contribution in [-0.2, 0) is 39.5 Å². The number of esters is 3. The first kappa shape index (κ1) is 47.9. The van der Waals surface area contributed by atoms with Gasteiger partial charge in [-0.1, -0.05) is 43.3 Å². The van der Waals surface area contributed by atoms with E-state index in [4.69, 9.17) is 4.74 Å². The van der Waals surface area contributed by atoms with Crippen molar-refractivity contribution in [2.75, 3.05) is 13.2 Å². The normalized spacial score (nSPS) is 23.4. The second-order valence-corrected chi connectivity index (χ2v) is 18.9. The summed E-state index contributed by atoms with van der Waals surface area (Å²) >= 11 is 0. The van der Waals surface area contributed by atoms with E-state index in [9.17, 15) is 50.2 Å². The Balaban J connectivity index is 0.000000237. The highest BCUT2D eigenvalue weighted by Gasteiger charge is 2.70. The molecule has 4 fully saturated rings. The molecule has 0 aliphatic heterocycles. The summed E-state index contributed by atoms with van der Waals surface area (Å²) in [5.74, 6) is -17.3. The van der Waals surface area contributed by atoms with Crippen molar-refractivity contribution in [2.24, 2.45) is 22.7 Å². The fourth-order valence-electron chi connectivity index (χ4n) is 8.40. The molecule has 0 spiro atoms. The van der Waals surface area contributed by atoms with Crippen molar-refractivity contribution in [3.05, 3.63) is 84.9 Å². The van der Waals surface area contributed by atoms with Crippen molar-refractivity contribution < 1.29 is 69.2 Å². The quantitative estimate of drug-likeness (QED) is 0.0529. The van der Waals surface area contributed by atoms with Gasteiger partial charge < -0.3 is 24.1 Å². The fourth-order valence-corrected chi connectivity index (χ4v) is 10.5. The van der Waals surface area contributed by atoms with E-state index in [0.717, 1.165) is 13.3 Å². The van der Waals surface area contributed by atoms with Gasteiger partial charge in [0.25, 0.3) is 0 Å². The first-order valence-corrected chi connectivity index (χ1v) is 21.4. The topological polar surface area (TPSA) is 108 Å². The van der Waals surface area contributed by atoms with Gasteiger partial charge in [0.1, 0.15) is 5.75 Å². The maximum Gasteiger partial charge on any atom is 0.468 e. The summed E-state index contributed by atoms with van der Waals surface area (Å²) in [5, 5.41) is 10.8. The summed E-state index contributed by atoms with van der Waals surface area (Å²) in [5.41, 5.74) is -3.26. The van der Waals surface area contributed by atoms with Crippen LogP contribution < -0.4 is 4.74 Å². The molecular formula is C45H52F7O8S+. The number of carbonyl (C=O) groups is 3. The lowest BCUT2D eigenvalue weighted by Crippen LogP contribution is -2.63. The molecule has 16 heteroatoms. The van der Waals surface area contributed by atoms with E-state index in [1.807, 2.05) is 45.0 Å². The Kier molecular flexibility index (Phi) is 14.4. The van der Waals surface area contributed by atoms with Gasteiger partial charge in [-0.3, -0.25) is 9.59 Å². The molecule has 334 valence electrons. The fraction of sp³-hybridized carbons (Fsp3) is 0.533. The minimum Gasteiger partial charge on any atom is -0.461 e. The van der Waals surface area contributed by atoms with Crippen LogP contribution in [0.3, 0.4) is 0 Å². The molecule has 0 amide bonds. The summed E-state index contributed by atoms with van der Waals surface area (Å²) < 4.78 is 115. The number of benzene rings is 3. The Hall–Kier alpha value is -4.15. The van der Waals surface area contributed by atoms with Crippen LogP contribution in [0.15, 0.2) is 99.6 Å². The molecule has 1 N–H and O–H groups in total. The molecule has 0 saturated heterocycles. The predicted molar refractivity (Wildman–Crippen MR) is 211 cm³/mol. The largest absolute Gasteiger partial charge is 0.468 e. The standard InChI is InChI=1S/C24H25O2S.C21H27F7O6/c1-4-24(2,3)23(25)26-19-15-17-22(18-16-19)27(20-11-7-5-8-12-20)21-13-9-6-10-14-21;1-3-32-15(30)20(21(26,27)28,33-5-4-19(24,25)16(2,22)23)34-14(29)17-7-12-6-13(8-17)10-18(31,9-12)11-17/h5-18H,4H2,1-3H3;12-13,31H,3-11H2,1-2H3/q+1;. The number of aliphatic hydroxyl groups is 1. The van der Waals surface area contributed by atoms with Gasteiger partial charge in [0.2, 0.25) is 0 Å². The van der Waals surface area contributed by atoms with Gasteiger partial charge in [-0.25, -0.2) is 13.6 Å². The van der Waals surface area contributed by atoms with Gasteiger partial charge in [-0.15, -0.1) is 0 Å². The molecular weight excluding hydrogens is 834 g/mol. The number of rotatable bonds is 15. The van der Waals surface area contributed by atoms with Gasteiger partial charge in [0.05, 0.1) is 40.5 Å². The molecule has 7 rings (SSSR count). The zero-order valence-corrected chi connectivity index (χ0v) is 35.5. The molecule has 3 aromatic rings. The molecule has 8 nitrogen and oxygen atoms in total. The first-order chi connectivity index (χ1) is 28.4. The smallest absolute Gasteiger partial charge is 0.461 e. The highest BCUT2D eigenvalue weighted by atomic mass is 32.2. The Morgan fingerprint density at radius 1 is 0.738 bits per heavy atom. The van der Waals surface area contributed by atoms with E-state index in [0.29, 0.717) is 25.0 Å². The van der Waals surface area contributed by atoms with Gasteiger partial charge in [-0.2, -0.15) is 22.0 Å². The van der Waals surface area contributed by atoms with Crippen molar-refractivity contribution >= 4 is 28.8 Å². The number of halogens is 7. The zero-order chi connectivity index (χ0) is 45.1. The van der Waals surface area contributed by atoms with Crippen molar-refractivity contribution in [3.63, 3.8) is 0 Å². The Morgan fingerprint density at radius 3 is 1.69 bits per heavy atom. The summed E-state index contributed by atoms with van der Waals surface area (Å²) in [7, 11) is -0.195. The van der Waals surface area contributed by atoms with Crippen LogP contribution in [0, 0.1) is 22.7 Å². The van der Waals surface area contributed by atoms with Gasteiger partial charge in [0.15, 0.2) is 14.7 Å². The molecule has 4 saturated carbocycles. The van der Waals surface area contributed by atoms with E-state index in [2.05, 4.69) is 74.9 Å². The third kappa shape index (κ3) is 10.7. The molecule has 4 aliphatic carbocycles. The Morgan fingerprint density at radius 2 is 1.25 bits per heavy atom. The van der Waals surface area contributed by atoms with E-state index in [-0.39, 0.29) is 54.9 Å². The SMILES string of the molecule is CCC(C)(C)C(=O)Oc1ccc([S+](c2ccccc2)c2ccccc2)cc1.CCOC(=O)C(OCCC(F)(F)C(C)(F)F)(OC(=O)C12CC3CC(CC(O)(C3)C1)C2)C(F)(F)F. The maximum absolute atomic E-state index is 14.1. The number of hydrogen-bond acceptors (Lipinski definition) is 8. The number of hydrogen-bond donors (Lipinski definition) is 1. The third-order valence-corrected chi connectivity index (χ3v) is 13.9. The summed E-state index contributed by atoms with van der Waals surface area (Å²) in [6.07, 6.45) is -5.38. The van der Waals surface area contributed by atoms with Gasteiger partial charge in [-0.05, 0) is 126 Å². The third-order valence-electron chi connectivity index (χ3n) is 11.6. The molecule has 4 bridgehead atoms. The Bertz CT molecular complexity index is 1920. The van der Waals surface area contributed by atoms with Crippen LogP contribution in [0.4, 0.5) is 30.7 Å². The average molecular weight is 886 g/mol. The number of ether oxygens (including phenoxy) is 4. The van der Waals surface area contributed by atoms with E-state index >= 15 is 0 Å². The van der Waals surface area contributed by atoms with E-state index in [1.165, 1.54) is 14.7 Å². The molecule has 3 aromatic carbocycles. The van der Waals surface area contributed by atoms with Crippen molar-refractivity contribution in [2.45, 2.75) is 130 Å². The van der Waals surface area contributed by atoms with Crippen LogP contribution in [0.25, 0.3) is 0 Å². The van der Waals surface area contributed by atoms with Gasteiger partial charge in [0, 0.05) is 13.3 Å². The maximum atomic E-state index is 14.1. The van der Waals surface area contributed by atoms with Crippen LogP contribution in [0.1, 0.15) is 86.0 Å². The molecule has 3 atom stereocenters. The second kappa shape index (κ2) is 18.3. The highest BCUT2D eigenvalue weighted by molar-refractivity contribution is 7.97. The van der Waals surface area contributed by atoms with Crippen molar-refractivity contribution in [1.29, 1.82) is 0 Å². The Labute approximate surface area is 353 Å². The lowest BCUT2D eigenvalue weighted by atomic mass is 9.48. The summed E-state index contributed by atoms with van der Waals surface area (Å²) in [6, 6.07) is 28.9. The minimum atomic E-state index is -5.78. The zero-order valence-electron chi connectivity index (χ0n) is 34.7.